The van der Waals surface area contributed by atoms with Crippen molar-refractivity contribution in [1.29, 1.82) is 0 Å². The Morgan fingerprint density at radius 1 is 0.969 bits per heavy atom. The van der Waals surface area contributed by atoms with E-state index in [1.807, 2.05) is 24.4 Å². The van der Waals surface area contributed by atoms with Gasteiger partial charge in [0.2, 0.25) is 11.8 Å². The van der Waals surface area contributed by atoms with Gasteiger partial charge in [-0.3, -0.25) is 14.5 Å². The molecule has 2 amide bonds. The first-order chi connectivity index (χ1) is 15.6. The fraction of sp³-hybridized carbons (Fsp3) is 0.320. The zero-order chi connectivity index (χ0) is 22.3. The van der Waals surface area contributed by atoms with E-state index >= 15 is 0 Å². The summed E-state index contributed by atoms with van der Waals surface area (Å²) in [5.74, 6) is 1.45. The average molecular weight is 432 g/mol. The van der Waals surface area contributed by atoms with Crippen LogP contribution in [-0.4, -0.2) is 45.9 Å². The maximum atomic E-state index is 12.4. The topological polar surface area (TPSA) is 79.3 Å². The Bertz CT molecular complexity index is 1040. The minimum Gasteiger partial charge on any atom is -0.331 e. The van der Waals surface area contributed by atoms with E-state index in [-0.39, 0.29) is 11.8 Å². The summed E-state index contributed by atoms with van der Waals surface area (Å²) in [4.78, 5) is 30.3. The third kappa shape index (κ3) is 5.82. The number of imidazole rings is 1. The number of hydrogen-bond acceptors (Lipinski definition) is 4. The van der Waals surface area contributed by atoms with E-state index < -0.39 is 0 Å². The van der Waals surface area contributed by atoms with Gasteiger partial charge in [-0.05, 0) is 56.1 Å². The fourth-order valence-electron chi connectivity index (χ4n) is 4.15. The van der Waals surface area contributed by atoms with Gasteiger partial charge in [0, 0.05) is 42.8 Å². The van der Waals surface area contributed by atoms with Crippen molar-refractivity contribution in [2.45, 2.75) is 26.3 Å². The molecule has 1 saturated heterocycles. The van der Waals surface area contributed by atoms with Gasteiger partial charge in [-0.25, -0.2) is 4.98 Å². The number of hydrogen-bond donors (Lipinski definition) is 2. The molecule has 1 fully saturated rings. The van der Waals surface area contributed by atoms with Crippen LogP contribution in [-0.2, 0) is 16.1 Å². The smallest absolute Gasteiger partial charge is 0.238 e. The van der Waals surface area contributed by atoms with Crippen molar-refractivity contribution in [1.82, 2.24) is 14.5 Å². The number of carbonyl (C=O) groups excluding carboxylic acids is 2. The largest absolute Gasteiger partial charge is 0.331 e. The van der Waals surface area contributed by atoms with Crippen molar-refractivity contribution in [2.75, 3.05) is 30.3 Å². The van der Waals surface area contributed by atoms with Crippen LogP contribution in [0.4, 0.5) is 11.4 Å². The highest BCUT2D eigenvalue weighted by Crippen LogP contribution is 2.23. The van der Waals surface area contributed by atoms with E-state index in [1.165, 1.54) is 6.92 Å². The van der Waals surface area contributed by atoms with Gasteiger partial charge in [-0.2, -0.15) is 0 Å². The lowest BCUT2D eigenvalue weighted by molar-refractivity contribution is -0.117. The molecule has 166 valence electrons. The van der Waals surface area contributed by atoms with Crippen LogP contribution in [0.1, 0.15) is 19.8 Å². The third-order valence-electron chi connectivity index (χ3n) is 5.77. The number of amides is 2. The minimum absolute atomic E-state index is 0.0169. The molecule has 0 radical (unpaired) electrons. The lowest BCUT2D eigenvalue weighted by Gasteiger charge is -2.31. The maximum absolute atomic E-state index is 12.4. The quantitative estimate of drug-likeness (QED) is 0.595. The molecule has 0 bridgehead atoms. The number of anilines is 2. The van der Waals surface area contributed by atoms with Gasteiger partial charge in [-0.15, -0.1) is 0 Å². The summed E-state index contributed by atoms with van der Waals surface area (Å²) in [5, 5.41) is 5.66. The second-order valence-electron chi connectivity index (χ2n) is 8.30. The van der Waals surface area contributed by atoms with Crippen molar-refractivity contribution < 1.29 is 9.59 Å². The SMILES string of the molecule is CC(=O)Nc1ccc(NC(=O)CN2CCC(Cn3ccnc3-c3ccccc3)CC2)cc1. The van der Waals surface area contributed by atoms with Crippen molar-refractivity contribution in [3.8, 4) is 11.4 Å². The number of benzene rings is 2. The Labute approximate surface area is 188 Å². The normalized spacial score (nSPS) is 14.8. The Kier molecular flexibility index (Phi) is 6.97. The molecule has 7 heteroatoms. The van der Waals surface area contributed by atoms with E-state index in [0.29, 0.717) is 18.2 Å². The van der Waals surface area contributed by atoms with E-state index in [1.54, 1.807) is 24.3 Å². The Hall–Kier alpha value is -3.45. The molecule has 4 rings (SSSR count). The molecule has 32 heavy (non-hydrogen) atoms. The van der Waals surface area contributed by atoms with E-state index in [0.717, 1.165) is 49.6 Å². The summed E-state index contributed by atoms with van der Waals surface area (Å²) < 4.78 is 2.24. The van der Waals surface area contributed by atoms with Gasteiger partial charge < -0.3 is 15.2 Å². The Balaban J connectivity index is 1.24. The van der Waals surface area contributed by atoms with Gasteiger partial charge >= 0.3 is 0 Å². The summed E-state index contributed by atoms with van der Waals surface area (Å²) >= 11 is 0. The average Bonchev–Trinajstić information content (AvgIpc) is 3.25. The lowest BCUT2D eigenvalue weighted by Crippen LogP contribution is -2.40. The third-order valence-corrected chi connectivity index (χ3v) is 5.77. The molecule has 2 heterocycles. The summed E-state index contributed by atoms with van der Waals surface area (Å²) in [5.41, 5.74) is 2.58. The molecule has 7 nitrogen and oxygen atoms in total. The number of carbonyl (C=O) groups is 2. The zero-order valence-electron chi connectivity index (χ0n) is 18.3. The number of piperidine rings is 1. The first-order valence-electron chi connectivity index (χ1n) is 11.0. The molecule has 0 atom stereocenters. The number of likely N-dealkylation sites (tertiary alicyclic amines) is 1. The van der Waals surface area contributed by atoms with Gasteiger partial charge in [0.1, 0.15) is 5.82 Å². The van der Waals surface area contributed by atoms with Crippen LogP contribution in [0.25, 0.3) is 11.4 Å². The van der Waals surface area contributed by atoms with Crippen LogP contribution in [0, 0.1) is 5.92 Å². The Morgan fingerprint density at radius 3 is 2.28 bits per heavy atom. The predicted molar refractivity (Wildman–Crippen MR) is 126 cm³/mol. The molecule has 0 aliphatic carbocycles. The van der Waals surface area contributed by atoms with Gasteiger partial charge in [-0.1, -0.05) is 30.3 Å². The number of nitrogens with zero attached hydrogens (tertiary/aromatic N) is 3. The van der Waals surface area contributed by atoms with Crippen LogP contribution in [0.3, 0.4) is 0 Å². The second-order valence-corrected chi connectivity index (χ2v) is 8.30. The highest BCUT2D eigenvalue weighted by molar-refractivity contribution is 5.93. The van der Waals surface area contributed by atoms with Crippen LogP contribution in [0.5, 0.6) is 0 Å². The molecule has 3 aromatic rings. The van der Waals surface area contributed by atoms with Crippen molar-refractivity contribution in [2.24, 2.45) is 5.92 Å². The predicted octanol–water partition coefficient (Wildman–Crippen LogP) is 3.86. The van der Waals surface area contributed by atoms with E-state index in [9.17, 15) is 9.59 Å². The molecule has 1 aliphatic rings. The highest BCUT2D eigenvalue weighted by atomic mass is 16.2. The zero-order valence-corrected chi connectivity index (χ0v) is 18.3. The van der Waals surface area contributed by atoms with Gasteiger partial charge in [0.25, 0.3) is 0 Å². The van der Waals surface area contributed by atoms with Gasteiger partial charge in [0.15, 0.2) is 0 Å². The van der Waals surface area contributed by atoms with Crippen LogP contribution in [0.15, 0.2) is 67.0 Å². The number of nitrogens with one attached hydrogen (secondary N) is 2. The summed E-state index contributed by atoms with van der Waals surface area (Å²) in [7, 11) is 0. The summed E-state index contributed by atoms with van der Waals surface area (Å²) in [6.45, 7) is 4.63. The van der Waals surface area contributed by atoms with E-state index in [2.05, 4.69) is 43.4 Å². The Morgan fingerprint density at radius 2 is 1.62 bits per heavy atom. The standard InChI is InChI=1S/C25H29N5O2/c1-19(31)27-22-7-9-23(10-8-22)28-24(32)18-29-14-11-20(12-15-29)17-30-16-13-26-25(30)21-5-3-2-4-6-21/h2-10,13,16,20H,11-12,14-15,17-18H2,1H3,(H,27,31)(H,28,32). The second kappa shape index (κ2) is 10.2. The van der Waals surface area contributed by atoms with Crippen LogP contribution in [0.2, 0.25) is 0 Å². The molecule has 1 aromatic heterocycles. The molecule has 2 aromatic carbocycles. The number of rotatable bonds is 7. The first kappa shape index (κ1) is 21.8. The van der Waals surface area contributed by atoms with Crippen LogP contribution >= 0.6 is 0 Å². The molecular weight excluding hydrogens is 402 g/mol. The molecule has 0 saturated carbocycles. The fourth-order valence-corrected chi connectivity index (χ4v) is 4.15. The van der Waals surface area contributed by atoms with Crippen molar-refractivity contribution in [3.05, 3.63) is 67.0 Å². The van der Waals surface area contributed by atoms with Crippen molar-refractivity contribution in [3.63, 3.8) is 0 Å². The summed E-state index contributed by atoms with van der Waals surface area (Å²) in [6.07, 6.45) is 6.04. The lowest BCUT2D eigenvalue weighted by atomic mass is 9.96. The number of aromatic nitrogens is 2. The molecule has 0 unspecified atom stereocenters. The molecule has 0 spiro atoms. The first-order valence-corrected chi connectivity index (χ1v) is 11.0. The van der Waals surface area contributed by atoms with Gasteiger partial charge in [0.05, 0.1) is 6.54 Å². The highest BCUT2D eigenvalue weighted by Gasteiger charge is 2.22. The molecule has 1 aliphatic heterocycles. The van der Waals surface area contributed by atoms with E-state index in [4.69, 9.17) is 0 Å². The monoisotopic (exact) mass is 431 g/mol. The van der Waals surface area contributed by atoms with Crippen LogP contribution < -0.4 is 10.6 Å². The molecule has 2 N–H and O–H groups in total. The van der Waals surface area contributed by atoms with Crippen molar-refractivity contribution >= 4 is 23.2 Å². The maximum Gasteiger partial charge on any atom is 0.238 e. The minimum atomic E-state index is -0.116. The summed E-state index contributed by atoms with van der Waals surface area (Å²) in [6, 6.07) is 17.4. The molecular formula is C25H29N5O2.